The smallest absolute Gasteiger partial charge is 0.225 e. The van der Waals surface area contributed by atoms with Gasteiger partial charge in [0.05, 0.1) is 0 Å². The number of piperidine rings is 1. The van der Waals surface area contributed by atoms with Gasteiger partial charge < -0.3 is 4.90 Å². The van der Waals surface area contributed by atoms with E-state index in [0.717, 1.165) is 45.3 Å². The van der Waals surface area contributed by atoms with E-state index >= 15 is 0 Å². The van der Waals surface area contributed by atoms with E-state index in [9.17, 15) is 4.79 Å². The van der Waals surface area contributed by atoms with Crippen LogP contribution < -0.4 is 0 Å². The van der Waals surface area contributed by atoms with Gasteiger partial charge in [0.15, 0.2) is 0 Å². The fourth-order valence-electron chi connectivity index (χ4n) is 2.92. The predicted octanol–water partition coefficient (Wildman–Crippen LogP) is 1.92. The SMILES string of the molecule is O=C(C1CCC1)N1CCC(Cn2cccn2)CC1. The van der Waals surface area contributed by atoms with Crippen molar-refractivity contribution in [3.63, 3.8) is 0 Å². The van der Waals surface area contributed by atoms with Gasteiger partial charge in [-0.3, -0.25) is 9.48 Å². The van der Waals surface area contributed by atoms with Crippen LogP contribution >= 0.6 is 0 Å². The molecule has 0 atom stereocenters. The monoisotopic (exact) mass is 247 g/mol. The van der Waals surface area contributed by atoms with Gasteiger partial charge in [-0.2, -0.15) is 5.10 Å². The lowest BCUT2D eigenvalue weighted by atomic mass is 9.83. The summed E-state index contributed by atoms with van der Waals surface area (Å²) in [5.74, 6) is 1.45. The molecule has 2 aliphatic rings. The lowest BCUT2D eigenvalue weighted by Crippen LogP contribution is -2.44. The van der Waals surface area contributed by atoms with Crippen molar-refractivity contribution in [3.8, 4) is 0 Å². The van der Waals surface area contributed by atoms with Crippen LogP contribution in [0.15, 0.2) is 18.5 Å². The van der Waals surface area contributed by atoms with Gasteiger partial charge in [-0.05, 0) is 37.7 Å². The maximum atomic E-state index is 12.1. The van der Waals surface area contributed by atoms with E-state index in [4.69, 9.17) is 0 Å². The normalized spacial score (nSPS) is 21.9. The molecule has 2 fully saturated rings. The number of hydrogen-bond acceptors (Lipinski definition) is 2. The number of amides is 1. The minimum atomic E-state index is 0.354. The average Bonchev–Trinajstić information content (AvgIpc) is 2.80. The maximum Gasteiger partial charge on any atom is 0.225 e. The van der Waals surface area contributed by atoms with E-state index in [1.54, 1.807) is 0 Å². The molecule has 0 unspecified atom stereocenters. The first-order valence-corrected chi connectivity index (χ1v) is 7.09. The maximum absolute atomic E-state index is 12.1. The van der Waals surface area contributed by atoms with Crippen molar-refractivity contribution >= 4 is 5.91 Å². The zero-order valence-corrected chi connectivity index (χ0v) is 10.8. The fraction of sp³-hybridized carbons (Fsp3) is 0.714. The van der Waals surface area contributed by atoms with Gasteiger partial charge in [0.1, 0.15) is 0 Å². The Kier molecular flexibility index (Phi) is 3.35. The molecule has 98 valence electrons. The van der Waals surface area contributed by atoms with Crippen LogP contribution in [0.5, 0.6) is 0 Å². The molecule has 2 heterocycles. The molecule has 0 bridgehead atoms. The molecule has 1 saturated heterocycles. The molecule has 0 radical (unpaired) electrons. The number of rotatable bonds is 3. The van der Waals surface area contributed by atoms with Gasteiger partial charge in [-0.15, -0.1) is 0 Å². The third-order valence-electron chi connectivity index (χ3n) is 4.39. The molecule has 18 heavy (non-hydrogen) atoms. The molecular formula is C14H21N3O. The Morgan fingerprint density at radius 3 is 2.56 bits per heavy atom. The van der Waals surface area contributed by atoms with Gasteiger partial charge in [0.25, 0.3) is 0 Å². The highest BCUT2D eigenvalue weighted by molar-refractivity contribution is 5.79. The summed E-state index contributed by atoms with van der Waals surface area (Å²) in [4.78, 5) is 14.2. The molecule has 0 N–H and O–H groups in total. The second-order valence-electron chi connectivity index (χ2n) is 5.62. The molecule has 1 aromatic heterocycles. The Bertz CT molecular complexity index is 389. The van der Waals surface area contributed by atoms with Gasteiger partial charge in [-0.1, -0.05) is 6.42 Å². The summed E-state index contributed by atoms with van der Waals surface area (Å²) in [6.45, 7) is 2.89. The molecule has 0 spiro atoms. The minimum Gasteiger partial charge on any atom is -0.342 e. The fourth-order valence-corrected chi connectivity index (χ4v) is 2.92. The Morgan fingerprint density at radius 2 is 2.00 bits per heavy atom. The molecule has 4 heteroatoms. The summed E-state index contributed by atoms with van der Waals surface area (Å²) in [6.07, 6.45) is 9.57. The highest BCUT2D eigenvalue weighted by Gasteiger charge is 2.31. The summed E-state index contributed by atoms with van der Waals surface area (Å²) in [6, 6.07) is 1.97. The number of likely N-dealkylation sites (tertiary alicyclic amines) is 1. The predicted molar refractivity (Wildman–Crippen MR) is 68.9 cm³/mol. The molecule has 1 aliphatic carbocycles. The lowest BCUT2D eigenvalue weighted by molar-refractivity contribution is -0.139. The summed E-state index contributed by atoms with van der Waals surface area (Å²) in [5.41, 5.74) is 0. The first-order valence-electron chi connectivity index (χ1n) is 7.09. The van der Waals surface area contributed by atoms with Crippen molar-refractivity contribution in [3.05, 3.63) is 18.5 Å². The molecule has 1 amide bonds. The average molecular weight is 247 g/mol. The third kappa shape index (κ3) is 2.42. The van der Waals surface area contributed by atoms with Crippen LogP contribution in [0, 0.1) is 11.8 Å². The Morgan fingerprint density at radius 1 is 1.22 bits per heavy atom. The van der Waals surface area contributed by atoms with E-state index in [2.05, 4.69) is 10.00 Å². The van der Waals surface area contributed by atoms with E-state index in [1.165, 1.54) is 6.42 Å². The van der Waals surface area contributed by atoms with Crippen LogP contribution in [0.1, 0.15) is 32.1 Å². The first kappa shape index (κ1) is 11.8. The van der Waals surface area contributed by atoms with E-state index in [1.807, 2.05) is 23.1 Å². The largest absolute Gasteiger partial charge is 0.342 e. The second-order valence-corrected chi connectivity index (χ2v) is 5.62. The Hall–Kier alpha value is -1.32. The molecule has 0 aromatic carbocycles. The highest BCUT2D eigenvalue weighted by atomic mass is 16.2. The molecule has 1 aromatic rings. The first-order chi connectivity index (χ1) is 8.83. The van der Waals surface area contributed by atoms with Crippen molar-refractivity contribution in [2.75, 3.05) is 13.1 Å². The van der Waals surface area contributed by atoms with Crippen LogP contribution in [-0.4, -0.2) is 33.7 Å². The number of hydrogen-bond donors (Lipinski definition) is 0. The van der Waals surface area contributed by atoms with Gasteiger partial charge >= 0.3 is 0 Å². The zero-order chi connectivity index (χ0) is 12.4. The second kappa shape index (κ2) is 5.12. The highest BCUT2D eigenvalue weighted by Crippen LogP contribution is 2.30. The standard InChI is InChI=1S/C14H21N3O/c18-14(13-3-1-4-13)16-9-5-12(6-10-16)11-17-8-2-7-15-17/h2,7-8,12-13H,1,3-6,9-11H2. The summed E-state index contributed by atoms with van der Waals surface area (Å²) in [5, 5.41) is 4.25. The van der Waals surface area contributed by atoms with Crippen LogP contribution in [0.2, 0.25) is 0 Å². The summed E-state index contributed by atoms with van der Waals surface area (Å²) in [7, 11) is 0. The van der Waals surface area contributed by atoms with Gasteiger partial charge in [0.2, 0.25) is 5.91 Å². The molecule has 1 aliphatic heterocycles. The van der Waals surface area contributed by atoms with Crippen LogP contribution in [0.25, 0.3) is 0 Å². The number of aromatic nitrogens is 2. The quantitative estimate of drug-likeness (QED) is 0.818. The van der Waals surface area contributed by atoms with E-state index in [-0.39, 0.29) is 0 Å². The third-order valence-corrected chi connectivity index (χ3v) is 4.39. The van der Waals surface area contributed by atoms with E-state index in [0.29, 0.717) is 17.7 Å². The number of carbonyl (C=O) groups excluding carboxylic acids is 1. The molecular weight excluding hydrogens is 226 g/mol. The van der Waals surface area contributed by atoms with Crippen molar-refractivity contribution in [2.45, 2.75) is 38.6 Å². The summed E-state index contributed by atoms with van der Waals surface area (Å²) < 4.78 is 2.01. The Labute approximate surface area is 108 Å². The minimum absolute atomic E-state index is 0.354. The van der Waals surface area contributed by atoms with Gasteiger partial charge in [0, 0.05) is 37.9 Å². The van der Waals surface area contributed by atoms with Crippen molar-refractivity contribution in [1.82, 2.24) is 14.7 Å². The topological polar surface area (TPSA) is 38.1 Å². The van der Waals surface area contributed by atoms with Crippen LogP contribution in [0.3, 0.4) is 0 Å². The van der Waals surface area contributed by atoms with E-state index < -0.39 is 0 Å². The van der Waals surface area contributed by atoms with Crippen molar-refractivity contribution < 1.29 is 4.79 Å². The van der Waals surface area contributed by atoms with Gasteiger partial charge in [-0.25, -0.2) is 0 Å². The van der Waals surface area contributed by atoms with Crippen LogP contribution in [0.4, 0.5) is 0 Å². The molecule has 4 nitrogen and oxygen atoms in total. The van der Waals surface area contributed by atoms with Crippen molar-refractivity contribution in [1.29, 1.82) is 0 Å². The summed E-state index contributed by atoms with van der Waals surface area (Å²) >= 11 is 0. The van der Waals surface area contributed by atoms with Crippen molar-refractivity contribution in [2.24, 2.45) is 11.8 Å². The zero-order valence-electron chi connectivity index (χ0n) is 10.8. The van der Waals surface area contributed by atoms with Crippen LogP contribution in [-0.2, 0) is 11.3 Å². The molecule has 3 rings (SSSR count). The number of carbonyl (C=O) groups is 1. The molecule has 1 saturated carbocycles. The lowest BCUT2D eigenvalue weighted by Gasteiger charge is -2.36. The Balaban J connectivity index is 1.47. The number of nitrogens with zero attached hydrogens (tertiary/aromatic N) is 3.